The van der Waals surface area contributed by atoms with Crippen LogP contribution in [0, 0.1) is 13.8 Å². The number of aryl methyl sites for hydroxylation is 2. The average molecular weight is 366 g/mol. The minimum absolute atomic E-state index is 0.709. The van der Waals surface area contributed by atoms with Gasteiger partial charge < -0.3 is 5.32 Å². The lowest BCUT2D eigenvalue weighted by Crippen LogP contribution is -2.07. The molecule has 3 aromatic heterocycles. The molecule has 0 atom stereocenters. The van der Waals surface area contributed by atoms with Gasteiger partial charge >= 0.3 is 0 Å². The summed E-state index contributed by atoms with van der Waals surface area (Å²) < 4.78 is 1.80. The number of nitrogens with zero attached hydrogens (tertiary/aromatic N) is 5. The van der Waals surface area contributed by atoms with Gasteiger partial charge in [0.05, 0.1) is 27.9 Å². The number of anilines is 2. The number of hydrogen-bond acceptors (Lipinski definition) is 5. The summed E-state index contributed by atoms with van der Waals surface area (Å²) in [5.41, 5.74) is 4.38. The lowest BCUT2D eigenvalue weighted by molar-refractivity contribution is 0.843. The van der Waals surface area contributed by atoms with Crippen LogP contribution in [-0.4, -0.2) is 24.7 Å². The number of benzene rings is 2. The molecule has 0 aliphatic rings. The van der Waals surface area contributed by atoms with E-state index in [4.69, 9.17) is 9.97 Å². The molecule has 5 rings (SSSR count). The minimum atomic E-state index is 0.709. The van der Waals surface area contributed by atoms with E-state index >= 15 is 0 Å². The van der Waals surface area contributed by atoms with Crippen LogP contribution in [-0.2, 0) is 0 Å². The highest BCUT2D eigenvalue weighted by Gasteiger charge is 2.12. The first kappa shape index (κ1) is 16.4. The lowest BCUT2D eigenvalue weighted by atomic mass is 10.2. The van der Waals surface area contributed by atoms with Crippen molar-refractivity contribution >= 4 is 33.6 Å². The van der Waals surface area contributed by atoms with E-state index in [0.717, 1.165) is 45.0 Å². The van der Waals surface area contributed by atoms with E-state index in [9.17, 15) is 0 Å². The molecule has 28 heavy (non-hydrogen) atoms. The molecule has 5 aromatic rings. The van der Waals surface area contributed by atoms with Gasteiger partial charge in [0, 0.05) is 11.5 Å². The van der Waals surface area contributed by atoms with Crippen molar-refractivity contribution in [1.29, 1.82) is 0 Å². The van der Waals surface area contributed by atoms with E-state index < -0.39 is 0 Å². The molecule has 0 bridgehead atoms. The van der Waals surface area contributed by atoms with Crippen LogP contribution in [0.25, 0.3) is 27.8 Å². The largest absolute Gasteiger partial charge is 0.323 e. The van der Waals surface area contributed by atoms with Crippen LogP contribution in [0.1, 0.15) is 11.4 Å². The van der Waals surface area contributed by atoms with Gasteiger partial charge in [-0.05, 0) is 44.2 Å². The predicted octanol–water partition coefficient (Wildman–Crippen LogP) is 4.72. The van der Waals surface area contributed by atoms with Crippen molar-refractivity contribution in [1.82, 2.24) is 24.7 Å². The first-order chi connectivity index (χ1) is 13.7. The fourth-order valence-electron chi connectivity index (χ4n) is 3.26. The molecule has 0 saturated heterocycles. The smallest absolute Gasteiger partial charge is 0.156 e. The first-order valence-corrected chi connectivity index (χ1v) is 9.11. The summed E-state index contributed by atoms with van der Waals surface area (Å²) in [5.74, 6) is 2.26. The van der Waals surface area contributed by atoms with Gasteiger partial charge in [-0.25, -0.2) is 15.0 Å². The lowest BCUT2D eigenvalue weighted by Gasteiger charge is -2.11. The second kappa shape index (κ2) is 6.42. The molecule has 2 aromatic carbocycles. The molecule has 0 fully saturated rings. The summed E-state index contributed by atoms with van der Waals surface area (Å²) in [4.78, 5) is 14.1. The van der Waals surface area contributed by atoms with Crippen LogP contribution in [0.3, 0.4) is 0 Å². The van der Waals surface area contributed by atoms with Crippen molar-refractivity contribution < 1.29 is 0 Å². The molecule has 0 spiro atoms. The maximum atomic E-state index is 4.76. The molecule has 6 heteroatoms. The average Bonchev–Trinajstić information content (AvgIpc) is 3.08. The molecular weight excluding hydrogens is 348 g/mol. The van der Waals surface area contributed by atoms with Crippen molar-refractivity contribution in [2.75, 3.05) is 5.32 Å². The molecule has 0 aliphatic heterocycles. The topological polar surface area (TPSA) is 68.5 Å². The van der Waals surface area contributed by atoms with Crippen LogP contribution in [0.2, 0.25) is 0 Å². The number of rotatable bonds is 3. The van der Waals surface area contributed by atoms with E-state index in [2.05, 4.69) is 21.5 Å². The Labute approximate surface area is 161 Å². The molecule has 136 valence electrons. The maximum absolute atomic E-state index is 4.76. The molecular formula is C22H18N6. The summed E-state index contributed by atoms with van der Waals surface area (Å²) in [5, 5.41) is 9.10. The van der Waals surface area contributed by atoms with E-state index in [-0.39, 0.29) is 0 Å². The Morgan fingerprint density at radius 3 is 2.29 bits per heavy atom. The van der Waals surface area contributed by atoms with Gasteiger partial charge in [-0.1, -0.05) is 30.3 Å². The summed E-state index contributed by atoms with van der Waals surface area (Å²) >= 11 is 0. The molecule has 0 saturated carbocycles. The number of hydrogen-bond donors (Lipinski definition) is 1. The Morgan fingerprint density at radius 1 is 0.750 bits per heavy atom. The Hall–Kier alpha value is -3.80. The van der Waals surface area contributed by atoms with E-state index in [1.807, 2.05) is 74.5 Å². The van der Waals surface area contributed by atoms with Gasteiger partial charge in [-0.15, -0.1) is 0 Å². The van der Waals surface area contributed by atoms with Crippen LogP contribution in [0.4, 0.5) is 11.6 Å². The number of aromatic nitrogens is 5. The van der Waals surface area contributed by atoms with E-state index in [0.29, 0.717) is 5.82 Å². The standard InChI is InChI=1S/C22H18N6/c1-14-13-21(26-22-15(2)23-18-9-5-6-10-19(18)25-22)28(27-14)20-12-11-16-7-3-4-8-17(16)24-20/h3-13H,1-2H3,(H,25,26). The number of nitrogens with one attached hydrogen (secondary N) is 1. The Bertz CT molecular complexity index is 1320. The van der Waals surface area contributed by atoms with E-state index in [1.165, 1.54) is 0 Å². The molecule has 3 heterocycles. The van der Waals surface area contributed by atoms with Gasteiger partial charge in [-0.3, -0.25) is 0 Å². The zero-order valence-corrected chi connectivity index (χ0v) is 15.6. The van der Waals surface area contributed by atoms with Crippen molar-refractivity contribution in [3.63, 3.8) is 0 Å². The molecule has 0 amide bonds. The maximum Gasteiger partial charge on any atom is 0.156 e. The van der Waals surface area contributed by atoms with Crippen LogP contribution in [0.5, 0.6) is 0 Å². The first-order valence-electron chi connectivity index (χ1n) is 9.11. The normalized spacial score (nSPS) is 11.2. The molecule has 6 nitrogen and oxygen atoms in total. The van der Waals surface area contributed by atoms with Crippen molar-refractivity contribution in [2.45, 2.75) is 13.8 Å². The third-order valence-electron chi connectivity index (χ3n) is 4.62. The predicted molar refractivity (Wildman–Crippen MR) is 111 cm³/mol. The van der Waals surface area contributed by atoms with Gasteiger partial charge in [0.2, 0.25) is 0 Å². The zero-order valence-electron chi connectivity index (χ0n) is 15.6. The fraction of sp³-hybridized carbons (Fsp3) is 0.0909. The Morgan fingerprint density at radius 2 is 1.46 bits per heavy atom. The molecule has 0 aliphatic carbocycles. The zero-order chi connectivity index (χ0) is 19.1. The summed E-state index contributed by atoms with van der Waals surface area (Å²) in [6, 6.07) is 21.9. The molecule has 0 unspecified atom stereocenters. The third kappa shape index (κ3) is 2.85. The summed E-state index contributed by atoms with van der Waals surface area (Å²) in [6.45, 7) is 3.91. The minimum Gasteiger partial charge on any atom is -0.323 e. The summed E-state index contributed by atoms with van der Waals surface area (Å²) in [7, 11) is 0. The Balaban J connectivity index is 1.59. The Kier molecular flexibility index (Phi) is 3.76. The second-order valence-corrected chi connectivity index (χ2v) is 6.72. The van der Waals surface area contributed by atoms with E-state index in [1.54, 1.807) is 4.68 Å². The number of para-hydroxylation sites is 3. The molecule has 0 radical (unpaired) electrons. The summed E-state index contributed by atoms with van der Waals surface area (Å²) in [6.07, 6.45) is 0. The van der Waals surface area contributed by atoms with Gasteiger partial charge in [0.1, 0.15) is 5.82 Å². The van der Waals surface area contributed by atoms with Crippen molar-refractivity contribution in [3.05, 3.63) is 78.1 Å². The van der Waals surface area contributed by atoms with Crippen molar-refractivity contribution in [3.8, 4) is 5.82 Å². The SMILES string of the molecule is Cc1cc(Nc2nc3ccccc3nc2C)n(-c2ccc3ccccc3n2)n1. The number of pyridine rings is 1. The van der Waals surface area contributed by atoms with Gasteiger partial charge in [0.15, 0.2) is 11.6 Å². The van der Waals surface area contributed by atoms with Crippen LogP contribution < -0.4 is 5.32 Å². The third-order valence-corrected chi connectivity index (χ3v) is 4.62. The quantitative estimate of drug-likeness (QED) is 0.500. The highest BCUT2D eigenvalue weighted by Crippen LogP contribution is 2.24. The van der Waals surface area contributed by atoms with Gasteiger partial charge in [-0.2, -0.15) is 9.78 Å². The van der Waals surface area contributed by atoms with Crippen LogP contribution in [0.15, 0.2) is 66.7 Å². The fourth-order valence-corrected chi connectivity index (χ4v) is 3.26. The molecule has 1 N–H and O–H groups in total. The second-order valence-electron chi connectivity index (χ2n) is 6.72. The highest BCUT2D eigenvalue weighted by atomic mass is 15.4. The van der Waals surface area contributed by atoms with Gasteiger partial charge in [0.25, 0.3) is 0 Å². The number of fused-ring (bicyclic) bond motifs is 2. The highest BCUT2D eigenvalue weighted by molar-refractivity contribution is 5.80. The van der Waals surface area contributed by atoms with Crippen molar-refractivity contribution in [2.24, 2.45) is 0 Å². The monoisotopic (exact) mass is 366 g/mol. The van der Waals surface area contributed by atoms with Crippen LogP contribution >= 0.6 is 0 Å².